The lowest BCUT2D eigenvalue weighted by Gasteiger charge is -2.11. The topological polar surface area (TPSA) is 67.8 Å². The van der Waals surface area contributed by atoms with Crippen molar-refractivity contribution in [3.05, 3.63) is 34.6 Å². The van der Waals surface area contributed by atoms with Gasteiger partial charge in [0, 0.05) is 12.4 Å². The van der Waals surface area contributed by atoms with Crippen LogP contribution in [-0.2, 0) is 4.79 Å². The quantitative estimate of drug-likeness (QED) is 0.769. The van der Waals surface area contributed by atoms with Crippen LogP contribution >= 0.6 is 11.6 Å². The van der Waals surface area contributed by atoms with Crippen molar-refractivity contribution in [1.29, 1.82) is 0 Å². The van der Waals surface area contributed by atoms with Crippen LogP contribution in [0.4, 0.5) is 4.39 Å². The van der Waals surface area contributed by atoms with Crippen molar-refractivity contribution in [2.45, 2.75) is 12.5 Å². The Hall–Kier alpha value is -1.13. The van der Waals surface area contributed by atoms with Crippen LogP contribution in [0.3, 0.4) is 0 Å². The molecule has 5 heteroatoms. The third-order valence-corrected chi connectivity index (χ3v) is 2.15. The van der Waals surface area contributed by atoms with Crippen LogP contribution in [0.15, 0.2) is 18.2 Å². The van der Waals surface area contributed by atoms with Crippen molar-refractivity contribution in [3.8, 4) is 0 Å². The summed E-state index contributed by atoms with van der Waals surface area (Å²) >= 11 is 5.71. The van der Waals surface area contributed by atoms with E-state index in [2.05, 4.69) is 5.73 Å². The Balaban J connectivity index is 2.99. The molecule has 1 aromatic carbocycles. The highest BCUT2D eigenvalue weighted by Crippen LogP contribution is 2.24. The molecule has 0 saturated heterocycles. The second-order valence-corrected chi connectivity index (χ2v) is 3.32. The monoisotopic (exact) mass is 217 g/mol. The SMILES string of the molecule is [NH3+][C@H](CC(=O)[O-])c1c(F)cccc1Cl. The number of benzene rings is 1. The standard InChI is InChI=1S/C9H9ClFNO2/c10-5-2-1-3-6(11)9(5)7(12)4-8(13)14/h1-3,7H,4,12H2,(H,13,14)/t7-/m1/s1. The summed E-state index contributed by atoms with van der Waals surface area (Å²) in [5.41, 5.74) is 3.65. The molecule has 76 valence electrons. The average molecular weight is 218 g/mol. The number of carboxylic acid groups (broad SMARTS) is 1. The zero-order valence-electron chi connectivity index (χ0n) is 7.30. The Labute approximate surface area is 85.3 Å². The molecular formula is C9H9ClFNO2. The summed E-state index contributed by atoms with van der Waals surface area (Å²) in [6, 6.07) is 3.43. The Kier molecular flexibility index (Phi) is 3.43. The van der Waals surface area contributed by atoms with E-state index in [-0.39, 0.29) is 17.0 Å². The highest BCUT2D eigenvalue weighted by Gasteiger charge is 2.18. The molecule has 0 saturated carbocycles. The van der Waals surface area contributed by atoms with Crippen molar-refractivity contribution >= 4 is 17.6 Å². The minimum Gasteiger partial charge on any atom is -0.550 e. The van der Waals surface area contributed by atoms with E-state index in [0.29, 0.717) is 0 Å². The number of quaternary nitrogens is 1. The fraction of sp³-hybridized carbons (Fsp3) is 0.222. The lowest BCUT2D eigenvalue weighted by molar-refractivity contribution is -0.431. The average Bonchev–Trinajstić information content (AvgIpc) is 2.01. The third kappa shape index (κ3) is 2.43. The molecule has 0 amide bonds. The van der Waals surface area contributed by atoms with Crippen LogP contribution in [0.1, 0.15) is 18.0 Å². The molecule has 0 unspecified atom stereocenters. The number of hydrogen-bond donors (Lipinski definition) is 1. The Bertz CT molecular complexity index is 336. The summed E-state index contributed by atoms with van der Waals surface area (Å²) in [6.45, 7) is 0. The van der Waals surface area contributed by atoms with E-state index in [1.807, 2.05) is 0 Å². The van der Waals surface area contributed by atoms with Crippen molar-refractivity contribution in [3.63, 3.8) is 0 Å². The number of halogens is 2. The van der Waals surface area contributed by atoms with Gasteiger partial charge in [0.25, 0.3) is 0 Å². The summed E-state index contributed by atoms with van der Waals surface area (Å²) in [7, 11) is 0. The molecule has 0 aliphatic carbocycles. The Morgan fingerprint density at radius 3 is 2.79 bits per heavy atom. The second-order valence-electron chi connectivity index (χ2n) is 2.91. The van der Waals surface area contributed by atoms with Gasteiger partial charge >= 0.3 is 0 Å². The van der Waals surface area contributed by atoms with Gasteiger partial charge in [0.2, 0.25) is 0 Å². The maximum absolute atomic E-state index is 13.2. The molecule has 3 N–H and O–H groups in total. The fourth-order valence-corrected chi connectivity index (χ4v) is 1.52. The number of hydrogen-bond acceptors (Lipinski definition) is 2. The van der Waals surface area contributed by atoms with Crippen molar-refractivity contribution in [1.82, 2.24) is 0 Å². The molecule has 0 aliphatic heterocycles. The van der Waals surface area contributed by atoms with Gasteiger partial charge in [0.05, 0.1) is 10.6 Å². The lowest BCUT2D eigenvalue weighted by atomic mass is 10.0. The van der Waals surface area contributed by atoms with Crippen molar-refractivity contribution in [2.75, 3.05) is 0 Å². The van der Waals surface area contributed by atoms with Crippen LogP contribution in [0, 0.1) is 5.82 Å². The molecular weight excluding hydrogens is 209 g/mol. The van der Waals surface area contributed by atoms with E-state index in [1.165, 1.54) is 18.2 Å². The van der Waals surface area contributed by atoms with Crippen LogP contribution in [-0.4, -0.2) is 5.97 Å². The normalized spacial score (nSPS) is 12.5. The van der Waals surface area contributed by atoms with Gasteiger partial charge in [0.15, 0.2) is 0 Å². The van der Waals surface area contributed by atoms with Gasteiger partial charge in [-0.3, -0.25) is 0 Å². The van der Waals surface area contributed by atoms with E-state index in [1.54, 1.807) is 0 Å². The molecule has 0 heterocycles. The Morgan fingerprint density at radius 1 is 1.64 bits per heavy atom. The maximum atomic E-state index is 13.2. The Morgan fingerprint density at radius 2 is 2.29 bits per heavy atom. The molecule has 0 aliphatic rings. The van der Waals surface area contributed by atoms with Gasteiger partial charge < -0.3 is 15.6 Å². The van der Waals surface area contributed by atoms with E-state index in [0.717, 1.165) is 0 Å². The summed E-state index contributed by atoms with van der Waals surface area (Å²) in [5, 5.41) is 10.5. The summed E-state index contributed by atoms with van der Waals surface area (Å²) in [5.74, 6) is -1.82. The second kappa shape index (κ2) is 4.39. The molecule has 0 radical (unpaired) electrons. The van der Waals surface area contributed by atoms with Gasteiger partial charge in [-0.25, -0.2) is 4.39 Å². The zero-order valence-corrected chi connectivity index (χ0v) is 8.05. The predicted molar refractivity (Wildman–Crippen MR) is 46.7 cm³/mol. The smallest absolute Gasteiger partial charge is 0.133 e. The molecule has 1 rings (SSSR count). The highest BCUT2D eigenvalue weighted by molar-refractivity contribution is 6.31. The third-order valence-electron chi connectivity index (χ3n) is 1.82. The molecule has 0 aromatic heterocycles. The molecule has 1 atom stereocenters. The van der Waals surface area contributed by atoms with E-state index < -0.39 is 17.8 Å². The van der Waals surface area contributed by atoms with Gasteiger partial charge in [-0.15, -0.1) is 0 Å². The molecule has 0 fully saturated rings. The molecule has 1 aromatic rings. The minimum atomic E-state index is -1.27. The van der Waals surface area contributed by atoms with Gasteiger partial charge in [-0.05, 0) is 12.1 Å². The minimum absolute atomic E-state index is 0.123. The van der Waals surface area contributed by atoms with Gasteiger partial charge in [-0.2, -0.15) is 0 Å². The maximum Gasteiger partial charge on any atom is 0.133 e. The highest BCUT2D eigenvalue weighted by atomic mass is 35.5. The molecule has 0 spiro atoms. The van der Waals surface area contributed by atoms with E-state index in [9.17, 15) is 14.3 Å². The first kappa shape index (κ1) is 10.9. The van der Waals surface area contributed by atoms with Crippen LogP contribution in [0.25, 0.3) is 0 Å². The number of carboxylic acids is 1. The molecule has 0 bridgehead atoms. The zero-order chi connectivity index (χ0) is 10.7. The summed E-state index contributed by atoms with van der Waals surface area (Å²) in [6.07, 6.45) is -0.347. The number of carbonyl (C=O) groups excluding carboxylic acids is 1. The summed E-state index contributed by atoms with van der Waals surface area (Å²) in [4.78, 5) is 10.3. The van der Waals surface area contributed by atoms with Crippen LogP contribution in [0.2, 0.25) is 5.02 Å². The first-order valence-corrected chi connectivity index (χ1v) is 4.37. The number of aliphatic carboxylic acids is 1. The van der Waals surface area contributed by atoms with Crippen molar-refractivity contribution < 1.29 is 20.0 Å². The van der Waals surface area contributed by atoms with Crippen LogP contribution < -0.4 is 10.8 Å². The largest absolute Gasteiger partial charge is 0.550 e. The summed E-state index contributed by atoms with van der Waals surface area (Å²) < 4.78 is 13.2. The van der Waals surface area contributed by atoms with Crippen molar-refractivity contribution in [2.24, 2.45) is 0 Å². The van der Waals surface area contributed by atoms with E-state index in [4.69, 9.17) is 11.6 Å². The van der Waals surface area contributed by atoms with Gasteiger partial charge in [0.1, 0.15) is 11.9 Å². The van der Waals surface area contributed by atoms with Crippen LogP contribution in [0.5, 0.6) is 0 Å². The predicted octanol–water partition coefficient (Wildman–Crippen LogP) is -0.0979. The molecule has 3 nitrogen and oxygen atoms in total. The van der Waals surface area contributed by atoms with E-state index >= 15 is 0 Å². The first-order chi connectivity index (χ1) is 6.52. The number of rotatable bonds is 3. The lowest BCUT2D eigenvalue weighted by Crippen LogP contribution is -2.55. The van der Waals surface area contributed by atoms with Gasteiger partial charge in [-0.1, -0.05) is 17.7 Å². The first-order valence-electron chi connectivity index (χ1n) is 3.99. The fourth-order valence-electron chi connectivity index (χ4n) is 1.20. The number of carbonyl (C=O) groups is 1. The molecule has 14 heavy (non-hydrogen) atoms.